The molecule has 0 atom stereocenters. The van der Waals surface area contributed by atoms with Gasteiger partial charge in [0.1, 0.15) is 17.6 Å². The largest absolute Gasteiger partial charge is 0.462 e. The summed E-state index contributed by atoms with van der Waals surface area (Å²) in [4.78, 5) is -0.368. The summed E-state index contributed by atoms with van der Waals surface area (Å²) in [7, 11) is -3.88. The van der Waals surface area contributed by atoms with Crippen molar-refractivity contribution in [1.29, 1.82) is 5.26 Å². The summed E-state index contributed by atoms with van der Waals surface area (Å²) in [6.07, 6.45) is 1.21. The van der Waals surface area contributed by atoms with Crippen LogP contribution in [0.15, 0.2) is 50.6 Å². The Morgan fingerprint density at radius 1 is 1.25 bits per heavy atom. The highest BCUT2D eigenvalue weighted by atomic mass is 35.5. The number of nitrogens with zero attached hydrogens (tertiary/aromatic N) is 1. The molecule has 0 spiro atoms. The molecular formula is C14H10ClNO3S. The van der Waals surface area contributed by atoms with E-state index in [0.29, 0.717) is 16.5 Å². The van der Waals surface area contributed by atoms with Gasteiger partial charge in [0.05, 0.1) is 4.90 Å². The molecule has 2 aromatic rings. The molecule has 1 heterocycles. The van der Waals surface area contributed by atoms with Gasteiger partial charge in [-0.25, -0.2) is 8.42 Å². The summed E-state index contributed by atoms with van der Waals surface area (Å²) in [6, 6.07) is 10.6. The van der Waals surface area contributed by atoms with E-state index < -0.39 is 9.84 Å². The lowest BCUT2D eigenvalue weighted by Gasteiger charge is -2.02. The molecule has 0 N–H and O–H groups in total. The van der Waals surface area contributed by atoms with E-state index in [1.165, 1.54) is 30.3 Å². The smallest absolute Gasteiger partial charge is 0.216 e. The molecule has 0 aliphatic carbocycles. The Bertz CT molecular complexity index is 796. The van der Waals surface area contributed by atoms with Crippen LogP contribution in [0.5, 0.6) is 0 Å². The fourth-order valence-corrected chi connectivity index (χ4v) is 2.84. The van der Waals surface area contributed by atoms with Crippen LogP contribution in [0.3, 0.4) is 0 Å². The van der Waals surface area contributed by atoms with E-state index >= 15 is 0 Å². The maximum absolute atomic E-state index is 12.3. The average Bonchev–Trinajstić information content (AvgIpc) is 2.82. The standard InChI is InChI=1S/C14H10ClNO3S/c1-10-2-5-12(19-10)8-14(9-16)20(17,18)13-6-3-11(15)4-7-13/h2-8H,1H3/b14-8+. The van der Waals surface area contributed by atoms with Gasteiger partial charge in [0.2, 0.25) is 9.84 Å². The first-order valence-electron chi connectivity index (χ1n) is 5.62. The molecule has 0 bridgehead atoms. The van der Waals surface area contributed by atoms with Crippen LogP contribution in [0.1, 0.15) is 11.5 Å². The van der Waals surface area contributed by atoms with Gasteiger partial charge < -0.3 is 4.42 Å². The van der Waals surface area contributed by atoms with Gasteiger partial charge >= 0.3 is 0 Å². The van der Waals surface area contributed by atoms with Crippen molar-refractivity contribution in [2.75, 3.05) is 0 Å². The van der Waals surface area contributed by atoms with Crippen LogP contribution in [0.25, 0.3) is 6.08 Å². The lowest BCUT2D eigenvalue weighted by atomic mass is 10.4. The summed E-state index contributed by atoms with van der Waals surface area (Å²) in [5, 5.41) is 9.50. The zero-order chi connectivity index (χ0) is 14.8. The zero-order valence-electron chi connectivity index (χ0n) is 10.5. The molecule has 6 heteroatoms. The van der Waals surface area contributed by atoms with Gasteiger partial charge in [-0.1, -0.05) is 11.6 Å². The van der Waals surface area contributed by atoms with Gasteiger partial charge in [0.15, 0.2) is 4.91 Å². The van der Waals surface area contributed by atoms with Crippen molar-refractivity contribution in [3.05, 3.63) is 57.8 Å². The molecule has 20 heavy (non-hydrogen) atoms. The minimum Gasteiger partial charge on any atom is -0.462 e. The molecule has 1 aromatic carbocycles. The van der Waals surface area contributed by atoms with Gasteiger partial charge in [-0.2, -0.15) is 5.26 Å². The summed E-state index contributed by atoms with van der Waals surface area (Å²) in [5.74, 6) is 0.953. The number of halogens is 1. The molecule has 1 aromatic heterocycles. The van der Waals surface area contributed by atoms with Crippen LogP contribution in [0, 0.1) is 18.3 Å². The SMILES string of the molecule is Cc1ccc(/C=C(\C#N)S(=O)(=O)c2ccc(Cl)cc2)o1. The van der Waals surface area contributed by atoms with Gasteiger partial charge in [0.25, 0.3) is 0 Å². The Balaban J connectivity index is 2.48. The number of rotatable bonds is 3. The van der Waals surface area contributed by atoms with E-state index in [-0.39, 0.29) is 9.80 Å². The van der Waals surface area contributed by atoms with Crippen molar-refractivity contribution in [2.24, 2.45) is 0 Å². The Hall–Kier alpha value is -2.03. The van der Waals surface area contributed by atoms with Crippen LogP contribution in [-0.2, 0) is 9.84 Å². The molecule has 0 amide bonds. The second-order valence-corrected chi connectivity index (χ2v) is 6.38. The molecule has 2 rings (SSSR count). The number of sulfone groups is 1. The zero-order valence-corrected chi connectivity index (χ0v) is 12.1. The monoisotopic (exact) mass is 307 g/mol. The molecule has 0 aliphatic rings. The second-order valence-electron chi connectivity index (χ2n) is 4.03. The van der Waals surface area contributed by atoms with Crippen molar-refractivity contribution < 1.29 is 12.8 Å². The fraction of sp³-hybridized carbons (Fsp3) is 0.0714. The van der Waals surface area contributed by atoms with E-state index in [1.807, 2.05) is 0 Å². The van der Waals surface area contributed by atoms with Crippen molar-refractivity contribution in [1.82, 2.24) is 0 Å². The van der Waals surface area contributed by atoms with Crippen LogP contribution < -0.4 is 0 Å². The number of aryl methyl sites for hydroxylation is 1. The van der Waals surface area contributed by atoms with Crippen molar-refractivity contribution >= 4 is 27.5 Å². The van der Waals surface area contributed by atoms with E-state index in [0.717, 1.165) is 0 Å². The van der Waals surface area contributed by atoms with Crippen LogP contribution in [0.4, 0.5) is 0 Å². The maximum atomic E-state index is 12.3. The highest BCUT2D eigenvalue weighted by Gasteiger charge is 2.21. The van der Waals surface area contributed by atoms with Gasteiger partial charge in [0, 0.05) is 11.1 Å². The van der Waals surface area contributed by atoms with Crippen LogP contribution in [-0.4, -0.2) is 8.42 Å². The van der Waals surface area contributed by atoms with E-state index in [1.54, 1.807) is 25.1 Å². The molecule has 0 aliphatic heterocycles. The summed E-state index contributed by atoms with van der Waals surface area (Å²) >= 11 is 5.72. The Morgan fingerprint density at radius 2 is 1.90 bits per heavy atom. The molecular weight excluding hydrogens is 298 g/mol. The average molecular weight is 308 g/mol. The van der Waals surface area contributed by atoms with Gasteiger partial charge in [-0.15, -0.1) is 0 Å². The molecule has 0 radical (unpaired) electrons. The lowest BCUT2D eigenvalue weighted by Crippen LogP contribution is -2.03. The third-order valence-corrected chi connectivity index (χ3v) is 4.49. The van der Waals surface area contributed by atoms with Crippen LogP contribution in [0.2, 0.25) is 5.02 Å². The summed E-state index contributed by atoms with van der Waals surface area (Å²) in [6.45, 7) is 1.73. The number of hydrogen-bond acceptors (Lipinski definition) is 4. The van der Waals surface area contributed by atoms with E-state index in [9.17, 15) is 8.42 Å². The molecule has 0 fully saturated rings. The van der Waals surface area contributed by atoms with Crippen molar-refractivity contribution in [2.45, 2.75) is 11.8 Å². The Morgan fingerprint density at radius 3 is 2.40 bits per heavy atom. The lowest BCUT2D eigenvalue weighted by molar-refractivity contribution is 0.525. The van der Waals surface area contributed by atoms with Crippen molar-refractivity contribution in [3.8, 4) is 6.07 Å². The van der Waals surface area contributed by atoms with E-state index in [4.69, 9.17) is 21.3 Å². The quantitative estimate of drug-likeness (QED) is 0.813. The minimum absolute atomic E-state index is 0.0120. The van der Waals surface area contributed by atoms with Crippen molar-refractivity contribution in [3.63, 3.8) is 0 Å². The highest BCUT2D eigenvalue weighted by Crippen LogP contribution is 2.23. The molecule has 0 unspecified atom stereocenters. The highest BCUT2D eigenvalue weighted by molar-refractivity contribution is 7.95. The molecule has 4 nitrogen and oxygen atoms in total. The number of benzene rings is 1. The predicted molar refractivity (Wildman–Crippen MR) is 75.7 cm³/mol. The second kappa shape index (κ2) is 5.53. The number of nitriles is 1. The summed E-state index contributed by atoms with van der Waals surface area (Å²) < 4.78 is 29.9. The molecule has 0 saturated heterocycles. The molecule has 102 valence electrons. The van der Waals surface area contributed by atoms with Gasteiger partial charge in [-0.05, 0) is 43.3 Å². The third kappa shape index (κ3) is 2.93. The first-order valence-corrected chi connectivity index (χ1v) is 7.48. The fourth-order valence-electron chi connectivity index (χ4n) is 1.57. The maximum Gasteiger partial charge on any atom is 0.216 e. The topological polar surface area (TPSA) is 71.1 Å². The number of hydrogen-bond donors (Lipinski definition) is 0. The number of allylic oxidation sites excluding steroid dienone is 1. The number of furan rings is 1. The Labute approximate surface area is 121 Å². The minimum atomic E-state index is -3.88. The van der Waals surface area contributed by atoms with Gasteiger partial charge in [-0.3, -0.25) is 0 Å². The van der Waals surface area contributed by atoms with E-state index in [2.05, 4.69) is 0 Å². The third-order valence-electron chi connectivity index (χ3n) is 2.56. The summed E-state index contributed by atoms with van der Waals surface area (Å²) in [5.41, 5.74) is 0. The first kappa shape index (κ1) is 14.4. The van der Waals surface area contributed by atoms with Crippen LogP contribution >= 0.6 is 11.6 Å². The first-order chi connectivity index (χ1) is 9.43. The Kier molecular flexibility index (Phi) is 3.98. The predicted octanol–water partition coefficient (Wildman–Crippen LogP) is 3.58. The molecule has 0 saturated carbocycles. The normalized spacial score (nSPS) is 12.2.